The van der Waals surface area contributed by atoms with Gasteiger partial charge in [0.05, 0.1) is 11.1 Å². The smallest absolute Gasteiger partial charge is 0.380 e. The van der Waals surface area contributed by atoms with Gasteiger partial charge in [-0.1, -0.05) is 23.4 Å². The van der Waals surface area contributed by atoms with E-state index in [0.717, 1.165) is 17.7 Å². The molecule has 0 saturated heterocycles. The number of aromatic nitrogens is 3. The molecule has 0 fully saturated rings. The number of hydrogen-bond acceptors (Lipinski definition) is 7. The number of pyridine rings is 1. The van der Waals surface area contributed by atoms with Crippen LogP contribution in [0.2, 0.25) is 0 Å². The van der Waals surface area contributed by atoms with E-state index in [0.29, 0.717) is 17.8 Å². The van der Waals surface area contributed by atoms with Crippen molar-refractivity contribution in [2.24, 2.45) is 0 Å². The van der Waals surface area contributed by atoms with Crippen LogP contribution in [0.3, 0.4) is 0 Å². The van der Waals surface area contributed by atoms with Crippen LogP contribution in [0.1, 0.15) is 27.3 Å². The number of hydroxylamine groups is 1. The molecule has 2 heterocycles. The average molecular weight is 469 g/mol. The lowest BCUT2D eigenvalue weighted by atomic mass is 10.1. The zero-order valence-electron chi connectivity index (χ0n) is 17.5. The number of nitrogens with one attached hydrogen (secondary N) is 2. The predicted octanol–water partition coefficient (Wildman–Crippen LogP) is 4.62. The standard InChI is InChI=1S/C23H18F3N5O3/c24-23(25,26)17-5-3-4-16(12-17)22-29-20(30-34-22)14-33-31-21(32)18-6-1-2-7-19(18)28-13-15-8-10-27-11-9-15/h1-12,28H,13-14H2,(H,31,32). The Bertz CT molecular complexity index is 1260. The summed E-state index contributed by atoms with van der Waals surface area (Å²) in [6.45, 7) is 0.246. The van der Waals surface area contributed by atoms with Crippen molar-refractivity contribution >= 4 is 11.6 Å². The first-order chi connectivity index (χ1) is 16.4. The van der Waals surface area contributed by atoms with Crippen molar-refractivity contribution in [2.45, 2.75) is 19.3 Å². The Morgan fingerprint density at radius 3 is 2.62 bits per heavy atom. The Morgan fingerprint density at radius 1 is 1.03 bits per heavy atom. The SMILES string of the molecule is O=C(NOCc1noc(-c2cccc(C(F)(F)F)c2)n1)c1ccccc1NCc1ccncc1. The number of nitrogens with zero attached hydrogens (tertiary/aromatic N) is 3. The predicted molar refractivity (Wildman–Crippen MR) is 115 cm³/mol. The minimum atomic E-state index is -4.49. The van der Waals surface area contributed by atoms with Crippen LogP contribution in [0.25, 0.3) is 11.5 Å². The summed E-state index contributed by atoms with van der Waals surface area (Å²) in [5.74, 6) is -0.544. The number of alkyl halides is 3. The van der Waals surface area contributed by atoms with Crippen LogP contribution in [-0.2, 0) is 24.2 Å². The molecule has 0 radical (unpaired) electrons. The zero-order chi connectivity index (χ0) is 24.0. The molecule has 8 nitrogen and oxygen atoms in total. The van der Waals surface area contributed by atoms with E-state index >= 15 is 0 Å². The van der Waals surface area contributed by atoms with Gasteiger partial charge in [-0.15, -0.1) is 0 Å². The Balaban J connectivity index is 1.34. The Hall–Kier alpha value is -4.25. The molecule has 0 aliphatic heterocycles. The third kappa shape index (κ3) is 5.75. The molecule has 0 saturated carbocycles. The van der Waals surface area contributed by atoms with E-state index in [-0.39, 0.29) is 23.9 Å². The highest BCUT2D eigenvalue weighted by Gasteiger charge is 2.30. The summed E-state index contributed by atoms with van der Waals surface area (Å²) in [4.78, 5) is 25.7. The number of carbonyl (C=O) groups excluding carboxylic acids is 1. The highest BCUT2D eigenvalue weighted by Crippen LogP contribution is 2.31. The van der Waals surface area contributed by atoms with Crippen molar-refractivity contribution in [1.82, 2.24) is 20.6 Å². The van der Waals surface area contributed by atoms with Crippen molar-refractivity contribution in [3.63, 3.8) is 0 Å². The van der Waals surface area contributed by atoms with Crippen LogP contribution in [0, 0.1) is 0 Å². The molecule has 34 heavy (non-hydrogen) atoms. The minimum absolute atomic E-state index is 0.0526. The lowest BCUT2D eigenvalue weighted by Crippen LogP contribution is -2.24. The summed E-state index contributed by atoms with van der Waals surface area (Å²) in [5.41, 5.74) is 3.55. The fraction of sp³-hybridized carbons (Fsp3) is 0.130. The number of para-hydroxylation sites is 1. The molecule has 2 aromatic heterocycles. The van der Waals surface area contributed by atoms with Gasteiger partial charge in [0, 0.05) is 30.2 Å². The molecule has 4 aromatic rings. The normalized spacial score (nSPS) is 11.3. The van der Waals surface area contributed by atoms with E-state index < -0.39 is 17.6 Å². The average Bonchev–Trinajstić information content (AvgIpc) is 3.32. The molecule has 0 unspecified atom stereocenters. The third-order valence-electron chi connectivity index (χ3n) is 4.68. The van der Waals surface area contributed by atoms with E-state index in [1.807, 2.05) is 12.1 Å². The van der Waals surface area contributed by atoms with Crippen molar-refractivity contribution in [1.29, 1.82) is 0 Å². The van der Waals surface area contributed by atoms with Gasteiger partial charge in [-0.25, -0.2) is 5.48 Å². The van der Waals surface area contributed by atoms with Gasteiger partial charge in [0.1, 0.15) is 6.61 Å². The summed E-state index contributed by atoms with van der Waals surface area (Å²) in [6.07, 6.45) is -1.13. The summed E-state index contributed by atoms with van der Waals surface area (Å²) >= 11 is 0. The van der Waals surface area contributed by atoms with E-state index in [1.165, 1.54) is 12.1 Å². The molecule has 11 heteroatoms. The fourth-order valence-electron chi connectivity index (χ4n) is 3.01. The summed E-state index contributed by atoms with van der Waals surface area (Å²) in [5, 5.41) is 6.86. The maximum Gasteiger partial charge on any atom is 0.416 e. The van der Waals surface area contributed by atoms with E-state index in [2.05, 4.69) is 25.9 Å². The number of carbonyl (C=O) groups is 1. The summed E-state index contributed by atoms with van der Waals surface area (Å²) in [7, 11) is 0. The van der Waals surface area contributed by atoms with Gasteiger partial charge in [0.2, 0.25) is 5.82 Å². The highest BCUT2D eigenvalue weighted by atomic mass is 19.4. The first kappa shape index (κ1) is 22.9. The molecule has 2 N–H and O–H groups in total. The molecular formula is C23H18F3N5O3. The maximum absolute atomic E-state index is 12.9. The van der Waals surface area contributed by atoms with Gasteiger partial charge in [-0.3, -0.25) is 14.6 Å². The van der Waals surface area contributed by atoms with Crippen LogP contribution < -0.4 is 10.8 Å². The Labute approximate surface area is 191 Å². The second-order valence-electron chi connectivity index (χ2n) is 7.07. The molecule has 0 atom stereocenters. The Kier molecular flexibility index (Phi) is 6.83. The van der Waals surface area contributed by atoms with E-state index in [9.17, 15) is 18.0 Å². The lowest BCUT2D eigenvalue weighted by Gasteiger charge is -2.12. The number of anilines is 1. The second-order valence-corrected chi connectivity index (χ2v) is 7.07. The largest absolute Gasteiger partial charge is 0.416 e. The van der Waals surface area contributed by atoms with Gasteiger partial charge >= 0.3 is 6.18 Å². The number of benzene rings is 2. The molecule has 2 aromatic carbocycles. The van der Waals surface area contributed by atoms with Crippen LogP contribution in [0.15, 0.2) is 77.6 Å². The van der Waals surface area contributed by atoms with Crippen molar-refractivity contribution in [3.05, 3.63) is 95.6 Å². The minimum Gasteiger partial charge on any atom is -0.380 e. The number of amides is 1. The van der Waals surface area contributed by atoms with Crippen LogP contribution >= 0.6 is 0 Å². The number of hydrogen-bond donors (Lipinski definition) is 2. The third-order valence-corrected chi connectivity index (χ3v) is 4.68. The molecule has 174 valence electrons. The zero-order valence-corrected chi connectivity index (χ0v) is 17.5. The maximum atomic E-state index is 12.9. The van der Waals surface area contributed by atoms with Gasteiger partial charge in [0.25, 0.3) is 11.8 Å². The highest BCUT2D eigenvalue weighted by molar-refractivity contribution is 5.99. The first-order valence-corrected chi connectivity index (χ1v) is 10.0. The van der Waals surface area contributed by atoms with Crippen LogP contribution in [0.4, 0.5) is 18.9 Å². The Morgan fingerprint density at radius 2 is 1.82 bits per heavy atom. The van der Waals surface area contributed by atoms with Crippen LogP contribution in [0.5, 0.6) is 0 Å². The van der Waals surface area contributed by atoms with E-state index in [4.69, 9.17) is 9.36 Å². The lowest BCUT2D eigenvalue weighted by molar-refractivity contribution is -0.137. The number of rotatable bonds is 8. The van der Waals surface area contributed by atoms with Gasteiger partial charge < -0.3 is 9.84 Å². The van der Waals surface area contributed by atoms with Gasteiger partial charge in [0.15, 0.2) is 0 Å². The monoisotopic (exact) mass is 469 g/mol. The second kappa shape index (κ2) is 10.1. The molecule has 0 aliphatic carbocycles. The molecule has 0 spiro atoms. The molecule has 1 amide bonds. The van der Waals surface area contributed by atoms with Crippen molar-refractivity contribution < 1.29 is 27.3 Å². The first-order valence-electron chi connectivity index (χ1n) is 10.0. The topological polar surface area (TPSA) is 102 Å². The fourth-order valence-corrected chi connectivity index (χ4v) is 3.01. The summed E-state index contributed by atoms with van der Waals surface area (Å²) in [6, 6.07) is 15.1. The van der Waals surface area contributed by atoms with Gasteiger partial charge in [-0.05, 0) is 48.0 Å². The van der Waals surface area contributed by atoms with Crippen LogP contribution in [-0.4, -0.2) is 21.0 Å². The molecule has 0 bridgehead atoms. The van der Waals surface area contributed by atoms with Crippen molar-refractivity contribution in [2.75, 3.05) is 5.32 Å². The summed E-state index contributed by atoms with van der Waals surface area (Å²) < 4.78 is 43.7. The van der Waals surface area contributed by atoms with E-state index in [1.54, 1.807) is 36.7 Å². The molecule has 4 rings (SSSR count). The molecular weight excluding hydrogens is 451 g/mol. The number of halogens is 3. The van der Waals surface area contributed by atoms with Crippen molar-refractivity contribution in [3.8, 4) is 11.5 Å². The quantitative estimate of drug-likeness (QED) is 0.363. The molecule has 0 aliphatic rings. The van der Waals surface area contributed by atoms with Gasteiger partial charge in [-0.2, -0.15) is 18.2 Å².